The minimum Gasteiger partial charge on any atom is -0.497 e. The number of ether oxygens (including phenoxy) is 1. The van der Waals surface area contributed by atoms with Crippen LogP contribution in [0.1, 0.15) is 18.1 Å². The lowest BCUT2D eigenvalue weighted by Crippen LogP contribution is -2.30. The highest BCUT2D eigenvalue weighted by Gasteiger charge is 2.42. The molecule has 10 heteroatoms. The maximum absolute atomic E-state index is 12.7. The topological polar surface area (TPSA) is 110 Å². The molecule has 2 aromatic rings. The molecule has 1 heterocycles. The third kappa shape index (κ3) is 4.50. The summed E-state index contributed by atoms with van der Waals surface area (Å²) < 4.78 is 58.3. The van der Waals surface area contributed by atoms with Crippen LogP contribution in [0.2, 0.25) is 0 Å². The number of carbonyl (C=O) groups excluding carboxylic acids is 1. The monoisotopic (exact) mass is 452 g/mol. The van der Waals surface area contributed by atoms with E-state index in [4.69, 9.17) is 4.74 Å². The van der Waals surface area contributed by atoms with Gasteiger partial charge in [-0.2, -0.15) is 0 Å². The first-order chi connectivity index (χ1) is 14.0. The molecule has 3 rings (SSSR count). The van der Waals surface area contributed by atoms with Gasteiger partial charge < -0.3 is 4.74 Å². The molecule has 2 aromatic carbocycles. The van der Waals surface area contributed by atoms with Crippen LogP contribution in [0.5, 0.6) is 5.75 Å². The number of carbonyl (C=O) groups is 1. The Hall–Kier alpha value is -2.43. The van der Waals surface area contributed by atoms with Crippen molar-refractivity contribution in [2.24, 2.45) is 5.92 Å². The van der Waals surface area contributed by atoms with Gasteiger partial charge in [0, 0.05) is 6.54 Å². The number of rotatable bonds is 7. The summed E-state index contributed by atoms with van der Waals surface area (Å²) in [5.74, 6) is -0.665. The summed E-state index contributed by atoms with van der Waals surface area (Å²) in [7, 11) is -5.96. The minimum atomic E-state index is -3.79. The van der Waals surface area contributed by atoms with Gasteiger partial charge in [-0.3, -0.25) is 4.79 Å². The molecule has 0 radical (unpaired) electrons. The van der Waals surface area contributed by atoms with Crippen molar-refractivity contribution in [1.82, 2.24) is 4.72 Å². The van der Waals surface area contributed by atoms with E-state index in [2.05, 4.69) is 4.72 Å². The maximum Gasteiger partial charge on any atom is 0.244 e. The van der Waals surface area contributed by atoms with E-state index in [9.17, 15) is 21.6 Å². The Kier molecular flexibility index (Phi) is 6.21. The highest BCUT2D eigenvalue weighted by atomic mass is 32.2. The van der Waals surface area contributed by atoms with E-state index in [0.717, 1.165) is 15.6 Å². The zero-order chi connectivity index (χ0) is 22.1. The SMILES string of the molecule is COc1ccc(CCNS(=O)(=O)c2ccc(N3C(=O)C(C)CS3(=O)=O)cc2C)cc1. The highest BCUT2D eigenvalue weighted by Crippen LogP contribution is 2.30. The Morgan fingerprint density at radius 2 is 1.83 bits per heavy atom. The lowest BCUT2D eigenvalue weighted by atomic mass is 10.1. The van der Waals surface area contributed by atoms with Crippen LogP contribution < -0.4 is 13.8 Å². The molecule has 1 saturated heterocycles. The molecule has 1 amide bonds. The Morgan fingerprint density at radius 1 is 1.17 bits per heavy atom. The van der Waals surface area contributed by atoms with Crippen LogP contribution in [0, 0.1) is 12.8 Å². The third-order valence-electron chi connectivity index (χ3n) is 4.91. The van der Waals surface area contributed by atoms with Crippen LogP contribution in [0.15, 0.2) is 47.4 Å². The number of sulfonamides is 2. The van der Waals surface area contributed by atoms with Crippen molar-refractivity contribution in [2.75, 3.05) is 23.7 Å². The van der Waals surface area contributed by atoms with E-state index < -0.39 is 31.9 Å². The molecule has 1 aliphatic rings. The first-order valence-corrected chi connectivity index (χ1v) is 12.4. The largest absolute Gasteiger partial charge is 0.497 e. The van der Waals surface area contributed by atoms with Gasteiger partial charge in [-0.15, -0.1) is 0 Å². The van der Waals surface area contributed by atoms with Crippen LogP contribution in [0.4, 0.5) is 5.69 Å². The average Bonchev–Trinajstić information content (AvgIpc) is 2.88. The van der Waals surface area contributed by atoms with Crippen LogP contribution >= 0.6 is 0 Å². The highest BCUT2D eigenvalue weighted by molar-refractivity contribution is 7.94. The van der Waals surface area contributed by atoms with Crippen molar-refractivity contribution in [2.45, 2.75) is 25.2 Å². The fourth-order valence-corrected chi connectivity index (χ4v) is 6.42. The summed E-state index contributed by atoms with van der Waals surface area (Å²) in [6.45, 7) is 3.32. The molecule has 162 valence electrons. The van der Waals surface area contributed by atoms with Crippen LogP contribution in [-0.2, 0) is 31.3 Å². The summed E-state index contributed by atoms with van der Waals surface area (Å²) in [6.07, 6.45) is 0.499. The molecule has 0 bridgehead atoms. The zero-order valence-electron chi connectivity index (χ0n) is 17.0. The Labute approximate surface area is 177 Å². The molecule has 1 aliphatic heterocycles. The number of nitrogens with one attached hydrogen (secondary N) is 1. The molecular weight excluding hydrogens is 428 g/mol. The fourth-order valence-electron chi connectivity index (χ4n) is 3.35. The molecule has 0 aliphatic carbocycles. The molecule has 1 unspecified atom stereocenters. The first kappa shape index (κ1) is 22.3. The van der Waals surface area contributed by atoms with Gasteiger partial charge in [-0.25, -0.2) is 25.9 Å². The molecule has 8 nitrogen and oxygen atoms in total. The van der Waals surface area contributed by atoms with Gasteiger partial charge in [0.15, 0.2) is 0 Å². The van der Waals surface area contributed by atoms with Gasteiger partial charge in [0.25, 0.3) is 0 Å². The predicted octanol–water partition coefficient (Wildman–Crippen LogP) is 1.84. The number of aryl methyl sites for hydroxylation is 1. The van der Waals surface area contributed by atoms with Gasteiger partial charge in [-0.05, 0) is 54.8 Å². The number of nitrogens with zero attached hydrogens (tertiary/aromatic N) is 1. The van der Waals surface area contributed by atoms with Gasteiger partial charge in [0.1, 0.15) is 5.75 Å². The zero-order valence-corrected chi connectivity index (χ0v) is 18.6. The Bertz CT molecular complexity index is 1160. The summed E-state index contributed by atoms with van der Waals surface area (Å²) in [5, 5.41) is 0. The molecule has 0 saturated carbocycles. The second-order valence-corrected chi connectivity index (χ2v) is 10.8. The molecule has 0 spiro atoms. The Morgan fingerprint density at radius 3 is 2.37 bits per heavy atom. The van der Waals surface area contributed by atoms with Gasteiger partial charge in [0.2, 0.25) is 26.0 Å². The summed E-state index contributed by atoms with van der Waals surface area (Å²) >= 11 is 0. The van der Waals surface area contributed by atoms with Crippen molar-refractivity contribution < 1.29 is 26.4 Å². The van der Waals surface area contributed by atoms with Crippen molar-refractivity contribution in [3.05, 3.63) is 53.6 Å². The van der Waals surface area contributed by atoms with Crippen LogP contribution in [0.3, 0.4) is 0 Å². The second kappa shape index (κ2) is 8.37. The van der Waals surface area contributed by atoms with E-state index >= 15 is 0 Å². The number of methoxy groups -OCH3 is 1. The van der Waals surface area contributed by atoms with Crippen LogP contribution in [-0.4, -0.2) is 42.2 Å². The number of benzene rings is 2. The number of hydrogen-bond acceptors (Lipinski definition) is 6. The van der Waals surface area contributed by atoms with Crippen molar-refractivity contribution in [3.63, 3.8) is 0 Å². The van der Waals surface area contributed by atoms with E-state index in [1.807, 2.05) is 12.1 Å². The number of hydrogen-bond donors (Lipinski definition) is 1. The summed E-state index contributed by atoms with van der Waals surface area (Å²) in [6, 6.07) is 11.4. The van der Waals surface area contributed by atoms with E-state index in [1.165, 1.54) is 18.2 Å². The maximum atomic E-state index is 12.7. The summed E-state index contributed by atoms with van der Waals surface area (Å²) in [4.78, 5) is 12.3. The van der Waals surface area contributed by atoms with Crippen LogP contribution in [0.25, 0.3) is 0 Å². The van der Waals surface area contributed by atoms with E-state index in [-0.39, 0.29) is 22.9 Å². The van der Waals surface area contributed by atoms with E-state index in [0.29, 0.717) is 12.0 Å². The third-order valence-corrected chi connectivity index (χ3v) is 8.40. The average molecular weight is 453 g/mol. The molecule has 0 aromatic heterocycles. The van der Waals surface area contributed by atoms with Crippen molar-refractivity contribution in [3.8, 4) is 5.75 Å². The predicted molar refractivity (Wildman–Crippen MR) is 114 cm³/mol. The van der Waals surface area contributed by atoms with Gasteiger partial charge >= 0.3 is 0 Å². The van der Waals surface area contributed by atoms with Crippen molar-refractivity contribution >= 4 is 31.6 Å². The lowest BCUT2D eigenvalue weighted by Gasteiger charge is -2.17. The summed E-state index contributed by atoms with van der Waals surface area (Å²) in [5.41, 5.74) is 1.46. The first-order valence-electron chi connectivity index (χ1n) is 9.35. The smallest absolute Gasteiger partial charge is 0.244 e. The minimum absolute atomic E-state index is 0.0399. The molecule has 30 heavy (non-hydrogen) atoms. The number of amides is 1. The van der Waals surface area contributed by atoms with Gasteiger partial charge in [0.05, 0.1) is 29.4 Å². The van der Waals surface area contributed by atoms with E-state index in [1.54, 1.807) is 33.1 Å². The normalized spacial score (nSPS) is 18.6. The second-order valence-electron chi connectivity index (χ2n) is 7.23. The molecule has 1 fully saturated rings. The van der Waals surface area contributed by atoms with Gasteiger partial charge in [-0.1, -0.05) is 19.1 Å². The molecule has 1 N–H and O–H groups in total. The van der Waals surface area contributed by atoms with Crippen molar-refractivity contribution in [1.29, 1.82) is 0 Å². The quantitative estimate of drug-likeness (QED) is 0.686. The fraction of sp³-hybridized carbons (Fsp3) is 0.350. The Balaban J connectivity index is 1.74. The molecule has 1 atom stereocenters. The standard InChI is InChI=1S/C20H24N2O6S2/c1-14-12-17(22-20(23)15(2)13-29(22,24)25)6-9-19(14)30(26,27)21-11-10-16-4-7-18(28-3)8-5-16/h4-9,12,15,21H,10-11,13H2,1-3H3. The molecular formula is C20H24N2O6S2. The lowest BCUT2D eigenvalue weighted by molar-refractivity contribution is -0.119. The number of anilines is 1.